The van der Waals surface area contributed by atoms with Crippen LogP contribution in [-0.4, -0.2) is 43.1 Å². The lowest BCUT2D eigenvalue weighted by atomic mass is 10.2. The molecular formula is C16H17F2NO4. The van der Waals surface area contributed by atoms with Crippen LogP contribution in [0.4, 0.5) is 8.78 Å². The number of benzene rings is 1. The summed E-state index contributed by atoms with van der Waals surface area (Å²) in [7, 11) is 0. The van der Waals surface area contributed by atoms with Crippen LogP contribution in [0.25, 0.3) is 6.08 Å². The number of esters is 1. The minimum atomic E-state index is -2.88. The predicted molar refractivity (Wildman–Crippen MR) is 78.9 cm³/mol. The molecule has 23 heavy (non-hydrogen) atoms. The molecule has 0 radical (unpaired) electrons. The third-order valence-electron chi connectivity index (χ3n) is 3.31. The third kappa shape index (κ3) is 5.69. The van der Waals surface area contributed by atoms with E-state index in [1.807, 2.05) is 0 Å². The summed E-state index contributed by atoms with van der Waals surface area (Å²) < 4.78 is 33.1. The standard InChI is InChI=1S/C16H17F2NO4/c17-16(18)23-13-6-3-12(4-7-13)5-8-15(21)22-11-14(20)19-9-1-2-10-19/h3-8,16H,1-2,9-11H2/b8-5+. The highest BCUT2D eigenvalue weighted by atomic mass is 19.3. The highest BCUT2D eigenvalue weighted by Gasteiger charge is 2.18. The predicted octanol–water partition coefficient (Wildman–Crippen LogP) is 2.47. The minimum absolute atomic E-state index is 0.0379. The van der Waals surface area contributed by atoms with E-state index >= 15 is 0 Å². The number of nitrogens with zero attached hydrogens (tertiary/aromatic N) is 1. The van der Waals surface area contributed by atoms with Crippen molar-refractivity contribution in [2.24, 2.45) is 0 Å². The van der Waals surface area contributed by atoms with Gasteiger partial charge in [0.1, 0.15) is 5.75 Å². The first-order chi connectivity index (χ1) is 11.0. The Bertz CT molecular complexity index is 566. The van der Waals surface area contributed by atoms with Crippen LogP contribution in [0.3, 0.4) is 0 Å². The maximum atomic E-state index is 12.0. The monoisotopic (exact) mass is 325 g/mol. The number of hydrogen-bond acceptors (Lipinski definition) is 4. The molecule has 1 fully saturated rings. The summed E-state index contributed by atoms with van der Waals surface area (Å²) in [4.78, 5) is 24.9. The van der Waals surface area contributed by atoms with Crippen LogP contribution in [0.5, 0.6) is 5.75 Å². The van der Waals surface area contributed by atoms with Crippen LogP contribution in [-0.2, 0) is 14.3 Å². The Hall–Kier alpha value is -2.44. The van der Waals surface area contributed by atoms with Gasteiger partial charge in [0.05, 0.1) is 0 Å². The summed E-state index contributed by atoms with van der Waals surface area (Å²) in [5, 5.41) is 0. The van der Waals surface area contributed by atoms with E-state index in [1.54, 1.807) is 4.90 Å². The zero-order valence-electron chi connectivity index (χ0n) is 12.4. The van der Waals surface area contributed by atoms with Crippen molar-refractivity contribution >= 4 is 18.0 Å². The lowest BCUT2D eigenvalue weighted by Gasteiger charge is -2.14. The van der Waals surface area contributed by atoms with Gasteiger partial charge in [0.2, 0.25) is 0 Å². The van der Waals surface area contributed by atoms with Gasteiger partial charge in [0.15, 0.2) is 6.61 Å². The van der Waals surface area contributed by atoms with Gasteiger partial charge in [0.25, 0.3) is 5.91 Å². The average molecular weight is 325 g/mol. The summed E-state index contributed by atoms with van der Waals surface area (Å²) in [5.74, 6) is -0.792. The van der Waals surface area contributed by atoms with Crippen LogP contribution >= 0.6 is 0 Å². The second kappa shape index (κ2) is 8.26. The summed E-state index contributed by atoms with van der Waals surface area (Å²) >= 11 is 0. The maximum absolute atomic E-state index is 12.0. The lowest BCUT2D eigenvalue weighted by molar-refractivity contribution is -0.147. The number of halogens is 2. The van der Waals surface area contributed by atoms with Crippen molar-refractivity contribution in [3.05, 3.63) is 35.9 Å². The summed E-state index contributed by atoms with van der Waals surface area (Å²) in [6.45, 7) is -1.73. The summed E-state index contributed by atoms with van der Waals surface area (Å²) in [5.41, 5.74) is 0.620. The molecule has 0 aliphatic carbocycles. The molecule has 0 bridgehead atoms. The first-order valence-electron chi connectivity index (χ1n) is 7.22. The number of amides is 1. The zero-order chi connectivity index (χ0) is 16.7. The molecule has 0 unspecified atom stereocenters. The van der Waals surface area contributed by atoms with Crippen LogP contribution in [0, 0.1) is 0 Å². The number of ether oxygens (including phenoxy) is 2. The van der Waals surface area contributed by atoms with Gasteiger partial charge < -0.3 is 14.4 Å². The quantitative estimate of drug-likeness (QED) is 0.595. The second-order valence-corrected chi connectivity index (χ2v) is 4.98. The molecule has 7 heteroatoms. The van der Waals surface area contributed by atoms with Gasteiger partial charge in [-0.2, -0.15) is 8.78 Å². The highest BCUT2D eigenvalue weighted by molar-refractivity contribution is 5.89. The van der Waals surface area contributed by atoms with E-state index in [1.165, 1.54) is 36.4 Å². The Balaban J connectivity index is 1.77. The normalized spacial score (nSPS) is 14.5. The molecule has 1 aromatic carbocycles. The van der Waals surface area contributed by atoms with E-state index in [-0.39, 0.29) is 18.3 Å². The van der Waals surface area contributed by atoms with Crippen molar-refractivity contribution in [2.75, 3.05) is 19.7 Å². The summed E-state index contributed by atoms with van der Waals surface area (Å²) in [6, 6.07) is 5.79. The molecule has 1 amide bonds. The van der Waals surface area contributed by atoms with Crippen molar-refractivity contribution in [2.45, 2.75) is 19.5 Å². The molecule has 1 aromatic rings. The van der Waals surface area contributed by atoms with Gasteiger partial charge in [0, 0.05) is 19.2 Å². The van der Waals surface area contributed by atoms with E-state index in [0.717, 1.165) is 12.8 Å². The Morgan fingerprint density at radius 1 is 1.17 bits per heavy atom. The first kappa shape index (κ1) is 16.9. The molecule has 0 N–H and O–H groups in total. The van der Waals surface area contributed by atoms with Gasteiger partial charge in [-0.15, -0.1) is 0 Å². The van der Waals surface area contributed by atoms with Crippen molar-refractivity contribution in [1.82, 2.24) is 4.90 Å². The fourth-order valence-electron chi connectivity index (χ4n) is 2.16. The third-order valence-corrected chi connectivity index (χ3v) is 3.31. The molecular weight excluding hydrogens is 308 g/mol. The minimum Gasteiger partial charge on any atom is -0.452 e. The van der Waals surface area contributed by atoms with E-state index in [0.29, 0.717) is 18.7 Å². The number of rotatable bonds is 6. The fraction of sp³-hybridized carbons (Fsp3) is 0.375. The number of hydrogen-bond donors (Lipinski definition) is 0. The van der Waals surface area contributed by atoms with Gasteiger partial charge >= 0.3 is 12.6 Å². The van der Waals surface area contributed by atoms with Gasteiger partial charge in [-0.1, -0.05) is 12.1 Å². The molecule has 5 nitrogen and oxygen atoms in total. The Morgan fingerprint density at radius 2 is 1.83 bits per heavy atom. The highest BCUT2D eigenvalue weighted by Crippen LogP contribution is 2.15. The average Bonchev–Trinajstić information content (AvgIpc) is 3.06. The number of carbonyl (C=O) groups is 2. The van der Waals surface area contributed by atoms with Gasteiger partial charge in [-0.3, -0.25) is 4.79 Å². The van der Waals surface area contributed by atoms with Crippen LogP contribution < -0.4 is 4.74 Å². The van der Waals surface area contributed by atoms with Gasteiger partial charge in [-0.05, 0) is 36.6 Å². The fourth-order valence-corrected chi connectivity index (χ4v) is 2.16. The van der Waals surface area contributed by atoms with Crippen molar-refractivity contribution in [3.8, 4) is 5.75 Å². The van der Waals surface area contributed by atoms with Crippen LogP contribution in [0.2, 0.25) is 0 Å². The molecule has 1 aliphatic heterocycles. The summed E-state index contributed by atoms with van der Waals surface area (Å²) in [6.07, 6.45) is 4.60. The first-order valence-corrected chi connectivity index (χ1v) is 7.22. The number of carbonyl (C=O) groups excluding carboxylic acids is 2. The molecule has 1 aliphatic rings. The lowest BCUT2D eigenvalue weighted by Crippen LogP contribution is -2.31. The largest absolute Gasteiger partial charge is 0.452 e. The van der Waals surface area contributed by atoms with Crippen LogP contribution in [0.15, 0.2) is 30.3 Å². The van der Waals surface area contributed by atoms with Crippen molar-refractivity contribution in [1.29, 1.82) is 0 Å². The molecule has 0 spiro atoms. The Morgan fingerprint density at radius 3 is 2.43 bits per heavy atom. The molecule has 0 saturated carbocycles. The molecule has 1 heterocycles. The topological polar surface area (TPSA) is 55.8 Å². The van der Waals surface area contributed by atoms with E-state index < -0.39 is 12.6 Å². The van der Waals surface area contributed by atoms with Crippen molar-refractivity contribution < 1.29 is 27.8 Å². The van der Waals surface area contributed by atoms with Gasteiger partial charge in [-0.25, -0.2) is 4.79 Å². The zero-order valence-corrected chi connectivity index (χ0v) is 12.4. The molecule has 1 saturated heterocycles. The maximum Gasteiger partial charge on any atom is 0.387 e. The van der Waals surface area contributed by atoms with Crippen molar-refractivity contribution in [3.63, 3.8) is 0 Å². The smallest absolute Gasteiger partial charge is 0.387 e. The second-order valence-electron chi connectivity index (χ2n) is 4.98. The number of alkyl halides is 2. The SMILES string of the molecule is O=C(/C=C/c1ccc(OC(F)F)cc1)OCC(=O)N1CCCC1. The Labute approximate surface area is 132 Å². The molecule has 124 valence electrons. The molecule has 2 rings (SSSR count). The van der Waals surface area contributed by atoms with E-state index in [4.69, 9.17) is 4.74 Å². The van der Waals surface area contributed by atoms with Crippen LogP contribution in [0.1, 0.15) is 18.4 Å². The Kier molecular flexibility index (Phi) is 6.08. The van der Waals surface area contributed by atoms with E-state index in [9.17, 15) is 18.4 Å². The number of likely N-dealkylation sites (tertiary alicyclic amines) is 1. The molecule has 0 atom stereocenters. The molecule has 0 aromatic heterocycles. The van der Waals surface area contributed by atoms with E-state index in [2.05, 4.69) is 4.74 Å².